The molecule has 2 aromatic rings. The summed E-state index contributed by atoms with van der Waals surface area (Å²) in [5.74, 6) is 0.226. The number of halogens is 1. The number of carbonyl (C=O) groups excluding carboxylic acids is 1. The Kier molecular flexibility index (Phi) is 4.75. The number of aryl methyl sites for hydroxylation is 1. The van der Waals surface area contributed by atoms with E-state index in [1.54, 1.807) is 0 Å². The molecule has 2 aromatic carbocycles. The van der Waals surface area contributed by atoms with Crippen LogP contribution in [0.3, 0.4) is 0 Å². The van der Waals surface area contributed by atoms with Gasteiger partial charge in [0.1, 0.15) is 0 Å². The quantitative estimate of drug-likeness (QED) is 0.723. The fourth-order valence-electron chi connectivity index (χ4n) is 2.36. The highest BCUT2D eigenvalue weighted by Gasteiger charge is 2.15. The van der Waals surface area contributed by atoms with Crippen LogP contribution in [0.15, 0.2) is 54.6 Å². The zero-order valence-electron chi connectivity index (χ0n) is 11.0. The molecule has 0 heterocycles. The summed E-state index contributed by atoms with van der Waals surface area (Å²) in [4.78, 5) is 11.0. The molecule has 98 valence electrons. The van der Waals surface area contributed by atoms with E-state index in [9.17, 15) is 4.79 Å². The largest absolute Gasteiger partial charge is 0.281 e. The number of carbonyl (C=O) groups is 1. The molecule has 0 saturated heterocycles. The predicted octanol–water partition coefficient (Wildman–Crippen LogP) is 4.67. The van der Waals surface area contributed by atoms with Crippen LogP contribution in [0.25, 0.3) is 0 Å². The lowest BCUT2D eigenvalue weighted by Crippen LogP contribution is -2.03. The van der Waals surface area contributed by atoms with Gasteiger partial charge < -0.3 is 0 Å². The standard InChI is InChI=1S/C17H17ClO/c1-13-6-5-9-15(12-13)16(10-11-17(18)19)14-7-3-2-4-8-14/h2-9,12,16H,10-11H2,1H3. The van der Waals surface area contributed by atoms with Crippen LogP contribution >= 0.6 is 11.6 Å². The van der Waals surface area contributed by atoms with Crippen LogP contribution in [0.2, 0.25) is 0 Å². The van der Waals surface area contributed by atoms with Gasteiger partial charge in [0.2, 0.25) is 5.24 Å². The molecule has 0 radical (unpaired) electrons. The van der Waals surface area contributed by atoms with E-state index in [1.807, 2.05) is 18.2 Å². The molecule has 1 unspecified atom stereocenters. The van der Waals surface area contributed by atoms with E-state index in [0.717, 1.165) is 6.42 Å². The van der Waals surface area contributed by atoms with Crippen molar-refractivity contribution >= 4 is 16.8 Å². The van der Waals surface area contributed by atoms with E-state index >= 15 is 0 Å². The first-order chi connectivity index (χ1) is 9.16. The summed E-state index contributed by atoms with van der Waals surface area (Å²) in [7, 11) is 0. The summed E-state index contributed by atoms with van der Waals surface area (Å²) < 4.78 is 0. The average molecular weight is 273 g/mol. The molecular weight excluding hydrogens is 256 g/mol. The molecule has 1 nitrogen and oxygen atoms in total. The van der Waals surface area contributed by atoms with Crippen molar-refractivity contribution in [2.75, 3.05) is 0 Å². The molecule has 0 N–H and O–H groups in total. The van der Waals surface area contributed by atoms with Crippen LogP contribution in [0, 0.1) is 6.92 Å². The van der Waals surface area contributed by atoms with Crippen molar-refractivity contribution < 1.29 is 4.79 Å². The van der Waals surface area contributed by atoms with Crippen molar-refractivity contribution in [3.63, 3.8) is 0 Å². The van der Waals surface area contributed by atoms with Gasteiger partial charge in [-0.15, -0.1) is 0 Å². The summed E-state index contributed by atoms with van der Waals surface area (Å²) in [6, 6.07) is 18.7. The van der Waals surface area contributed by atoms with Crippen LogP contribution < -0.4 is 0 Å². The lowest BCUT2D eigenvalue weighted by atomic mass is 9.87. The summed E-state index contributed by atoms with van der Waals surface area (Å²) in [6.45, 7) is 2.08. The van der Waals surface area contributed by atoms with Gasteiger partial charge in [0.25, 0.3) is 0 Å². The third-order valence-corrected chi connectivity index (χ3v) is 3.46. The second-order valence-corrected chi connectivity index (χ2v) is 5.19. The molecule has 2 rings (SSSR count). The molecule has 1 atom stereocenters. The fraction of sp³-hybridized carbons (Fsp3) is 0.235. The van der Waals surface area contributed by atoms with Gasteiger partial charge in [-0.3, -0.25) is 4.79 Å². The molecule has 0 aliphatic heterocycles. The van der Waals surface area contributed by atoms with Crippen LogP contribution in [0.5, 0.6) is 0 Å². The SMILES string of the molecule is Cc1cccc(C(CCC(=O)Cl)c2ccccc2)c1. The van der Waals surface area contributed by atoms with Gasteiger partial charge in [-0.1, -0.05) is 60.2 Å². The number of hydrogen-bond acceptors (Lipinski definition) is 1. The Morgan fingerprint density at radius 3 is 2.37 bits per heavy atom. The smallest absolute Gasteiger partial charge is 0.221 e. The van der Waals surface area contributed by atoms with Gasteiger partial charge in [0.05, 0.1) is 0 Å². The predicted molar refractivity (Wildman–Crippen MR) is 79.6 cm³/mol. The third-order valence-electron chi connectivity index (χ3n) is 3.28. The molecule has 0 aromatic heterocycles. The van der Waals surface area contributed by atoms with E-state index in [0.29, 0.717) is 6.42 Å². The Bertz CT molecular complexity index is 548. The highest BCUT2D eigenvalue weighted by atomic mass is 35.5. The Morgan fingerprint density at radius 1 is 1.05 bits per heavy atom. The zero-order valence-corrected chi connectivity index (χ0v) is 11.7. The fourth-order valence-corrected chi connectivity index (χ4v) is 2.46. The van der Waals surface area contributed by atoms with Crippen molar-refractivity contribution in [1.29, 1.82) is 0 Å². The lowest BCUT2D eigenvalue weighted by Gasteiger charge is -2.17. The van der Waals surface area contributed by atoms with E-state index < -0.39 is 0 Å². The topological polar surface area (TPSA) is 17.1 Å². The van der Waals surface area contributed by atoms with Crippen LogP contribution in [-0.4, -0.2) is 5.24 Å². The normalized spacial score (nSPS) is 12.1. The van der Waals surface area contributed by atoms with E-state index in [1.165, 1.54) is 16.7 Å². The van der Waals surface area contributed by atoms with Crippen molar-refractivity contribution in [1.82, 2.24) is 0 Å². The molecule has 19 heavy (non-hydrogen) atoms. The van der Waals surface area contributed by atoms with Gasteiger partial charge >= 0.3 is 0 Å². The van der Waals surface area contributed by atoms with Gasteiger partial charge in [-0.25, -0.2) is 0 Å². The molecule has 2 heteroatoms. The summed E-state index contributed by atoms with van der Waals surface area (Å²) in [5, 5.41) is -0.270. The Hall–Kier alpha value is -1.60. The number of rotatable bonds is 5. The first-order valence-corrected chi connectivity index (χ1v) is 6.84. The molecular formula is C17H17ClO. The molecule has 0 bridgehead atoms. The molecule has 0 fully saturated rings. The summed E-state index contributed by atoms with van der Waals surface area (Å²) in [5.41, 5.74) is 3.70. The maximum atomic E-state index is 11.0. The molecule has 0 amide bonds. The minimum absolute atomic E-state index is 0.226. The van der Waals surface area contributed by atoms with Crippen molar-refractivity contribution in [3.05, 3.63) is 71.3 Å². The van der Waals surface area contributed by atoms with E-state index in [4.69, 9.17) is 11.6 Å². The third kappa shape index (κ3) is 3.93. The van der Waals surface area contributed by atoms with Crippen molar-refractivity contribution in [2.45, 2.75) is 25.7 Å². The first kappa shape index (κ1) is 13.8. The van der Waals surface area contributed by atoms with Crippen LogP contribution in [0.1, 0.15) is 35.4 Å². The molecule has 0 saturated carbocycles. The maximum absolute atomic E-state index is 11.0. The lowest BCUT2D eigenvalue weighted by molar-refractivity contribution is -0.111. The van der Waals surface area contributed by atoms with Gasteiger partial charge in [0, 0.05) is 12.3 Å². The minimum Gasteiger partial charge on any atom is -0.281 e. The highest BCUT2D eigenvalue weighted by molar-refractivity contribution is 6.63. The Balaban J connectivity index is 2.31. The monoisotopic (exact) mass is 272 g/mol. The average Bonchev–Trinajstić information content (AvgIpc) is 2.40. The van der Waals surface area contributed by atoms with Crippen LogP contribution in [-0.2, 0) is 4.79 Å². The zero-order chi connectivity index (χ0) is 13.7. The summed E-state index contributed by atoms with van der Waals surface area (Å²) in [6.07, 6.45) is 1.14. The Labute approximate surface area is 119 Å². The van der Waals surface area contributed by atoms with Crippen molar-refractivity contribution in [3.8, 4) is 0 Å². The second-order valence-electron chi connectivity index (χ2n) is 4.77. The maximum Gasteiger partial charge on any atom is 0.221 e. The van der Waals surface area contributed by atoms with Gasteiger partial charge in [0.15, 0.2) is 0 Å². The van der Waals surface area contributed by atoms with E-state index in [2.05, 4.69) is 43.3 Å². The highest BCUT2D eigenvalue weighted by Crippen LogP contribution is 2.29. The van der Waals surface area contributed by atoms with Crippen LogP contribution in [0.4, 0.5) is 0 Å². The molecule has 0 aliphatic rings. The molecule has 0 aliphatic carbocycles. The van der Waals surface area contributed by atoms with Gasteiger partial charge in [-0.05, 0) is 36.1 Å². The number of hydrogen-bond donors (Lipinski definition) is 0. The number of benzene rings is 2. The first-order valence-electron chi connectivity index (χ1n) is 6.46. The Morgan fingerprint density at radius 2 is 1.74 bits per heavy atom. The minimum atomic E-state index is -0.270. The van der Waals surface area contributed by atoms with Crippen molar-refractivity contribution in [2.24, 2.45) is 0 Å². The van der Waals surface area contributed by atoms with Gasteiger partial charge in [-0.2, -0.15) is 0 Å². The molecule has 0 spiro atoms. The van der Waals surface area contributed by atoms with E-state index in [-0.39, 0.29) is 11.2 Å². The summed E-state index contributed by atoms with van der Waals surface area (Å²) >= 11 is 5.49. The second kappa shape index (κ2) is 6.53.